The van der Waals surface area contributed by atoms with Crippen molar-refractivity contribution < 1.29 is 9.90 Å². The van der Waals surface area contributed by atoms with Crippen LogP contribution in [0.5, 0.6) is 0 Å². The molecule has 4 nitrogen and oxygen atoms in total. The SMILES string of the molecule is O=C(O)NC1=CC(c2ccncc2)=CCC1. The van der Waals surface area contributed by atoms with Crippen LogP contribution in [0.3, 0.4) is 0 Å². The first-order chi connectivity index (χ1) is 7.75. The zero-order valence-electron chi connectivity index (χ0n) is 8.68. The second-order valence-electron chi connectivity index (χ2n) is 3.53. The number of carboxylic acid groups (broad SMARTS) is 1. The van der Waals surface area contributed by atoms with E-state index in [1.807, 2.05) is 18.2 Å². The molecule has 0 bridgehead atoms. The highest BCUT2D eigenvalue weighted by Gasteiger charge is 2.08. The van der Waals surface area contributed by atoms with Crippen LogP contribution >= 0.6 is 0 Å². The van der Waals surface area contributed by atoms with Gasteiger partial charge in [-0.3, -0.25) is 10.3 Å². The van der Waals surface area contributed by atoms with E-state index < -0.39 is 6.09 Å². The van der Waals surface area contributed by atoms with E-state index in [1.54, 1.807) is 12.4 Å². The number of aromatic nitrogens is 1. The van der Waals surface area contributed by atoms with Crippen LogP contribution < -0.4 is 5.32 Å². The molecule has 0 unspecified atom stereocenters. The van der Waals surface area contributed by atoms with Crippen LogP contribution in [-0.2, 0) is 0 Å². The van der Waals surface area contributed by atoms with E-state index in [1.165, 1.54) is 0 Å². The van der Waals surface area contributed by atoms with E-state index in [2.05, 4.69) is 16.4 Å². The molecule has 4 heteroatoms. The van der Waals surface area contributed by atoms with E-state index >= 15 is 0 Å². The molecule has 0 saturated carbocycles. The first-order valence-corrected chi connectivity index (χ1v) is 5.07. The van der Waals surface area contributed by atoms with E-state index in [0.717, 1.165) is 29.7 Å². The van der Waals surface area contributed by atoms with Crippen LogP contribution in [0.15, 0.2) is 42.4 Å². The summed E-state index contributed by atoms with van der Waals surface area (Å²) >= 11 is 0. The highest BCUT2D eigenvalue weighted by atomic mass is 16.4. The van der Waals surface area contributed by atoms with Gasteiger partial charge in [-0.05, 0) is 42.2 Å². The summed E-state index contributed by atoms with van der Waals surface area (Å²) in [6, 6.07) is 3.82. The minimum absolute atomic E-state index is 0.737. The fraction of sp³-hybridized carbons (Fsp3) is 0.167. The van der Waals surface area contributed by atoms with Crippen LogP contribution in [0.4, 0.5) is 4.79 Å². The van der Waals surface area contributed by atoms with Gasteiger partial charge in [0.25, 0.3) is 0 Å². The lowest BCUT2D eigenvalue weighted by Gasteiger charge is -2.13. The lowest BCUT2D eigenvalue weighted by atomic mass is 9.98. The average molecular weight is 216 g/mol. The van der Waals surface area contributed by atoms with Crippen molar-refractivity contribution in [2.75, 3.05) is 0 Å². The molecule has 1 aromatic rings. The van der Waals surface area contributed by atoms with E-state index in [4.69, 9.17) is 5.11 Å². The van der Waals surface area contributed by atoms with E-state index in [0.29, 0.717) is 0 Å². The topological polar surface area (TPSA) is 62.2 Å². The smallest absolute Gasteiger partial charge is 0.408 e. The molecule has 0 spiro atoms. The summed E-state index contributed by atoms with van der Waals surface area (Å²) in [7, 11) is 0. The Hall–Kier alpha value is -2.10. The van der Waals surface area contributed by atoms with Crippen molar-refractivity contribution in [3.8, 4) is 0 Å². The summed E-state index contributed by atoms with van der Waals surface area (Å²) in [4.78, 5) is 14.5. The van der Waals surface area contributed by atoms with Gasteiger partial charge >= 0.3 is 6.09 Å². The van der Waals surface area contributed by atoms with Gasteiger partial charge in [0.1, 0.15) is 0 Å². The van der Waals surface area contributed by atoms with Gasteiger partial charge in [-0.2, -0.15) is 0 Å². The fourth-order valence-electron chi connectivity index (χ4n) is 1.68. The number of hydrogen-bond acceptors (Lipinski definition) is 2. The number of allylic oxidation sites excluding steroid dienone is 4. The predicted molar refractivity (Wildman–Crippen MR) is 60.7 cm³/mol. The summed E-state index contributed by atoms with van der Waals surface area (Å²) in [5, 5.41) is 11.0. The van der Waals surface area contributed by atoms with Crippen molar-refractivity contribution in [1.82, 2.24) is 10.3 Å². The van der Waals surface area contributed by atoms with Crippen molar-refractivity contribution >= 4 is 11.7 Å². The van der Waals surface area contributed by atoms with Gasteiger partial charge in [0, 0.05) is 18.1 Å². The average Bonchev–Trinajstić information content (AvgIpc) is 2.30. The van der Waals surface area contributed by atoms with Gasteiger partial charge in [0.2, 0.25) is 0 Å². The van der Waals surface area contributed by atoms with Gasteiger partial charge in [-0.1, -0.05) is 6.08 Å². The molecular weight excluding hydrogens is 204 g/mol. The highest BCUT2D eigenvalue weighted by molar-refractivity contribution is 5.77. The Morgan fingerprint density at radius 1 is 1.38 bits per heavy atom. The van der Waals surface area contributed by atoms with Gasteiger partial charge in [0.05, 0.1) is 0 Å². The summed E-state index contributed by atoms with van der Waals surface area (Å²) in [5.41, 5.74) is 2.83. The maximum atomic E-state index is 10.5. The molecule has 1 aliphatic rings. The molecule has 0 aromatic carbocycles. The molecule has 0 atom stereocenters. The summed E-state index contributed by atoms with van der Waals surface area (Å²) in [5.74, 6) is 0. The van der Waals surface area contributed by atoms with Crippen LogP contribution in [-0.4, -0.2) is 16.2 Å². The molecule has 0 fully saturated rings. The Morgan fingerprint density at radius 2 is 2.12 bits per heavy atom. The molecule has 1 aromatic heterocycles. The molecule has 0 aliphatic heterocycles. The van der Waals surface area contributed by atoms with E-state index in [-0.39, 0.29) is 0 Å². The fourth-order valence-corrected chi connectivity index (χ4v) is 1.68. The monoisotopic (exact) mass is 216 g/mol. The Labute approximate surface area is 93.3 Å². The molecule has 82 valence electrons. The maximum Gasteiger partial charge on any atom is 0.408 e. The van der Waals surface area contributed by atoms with Crippen LogP contribution in [0.2, 0.25) is 0 Å². The number of rotatable bonds is 2. The third-order valence-corrected chi connectivity index (χ3v) is 2.39. The molecule has 16 heavy (non-hydrogen) atoms. The zero-order valence-corrected chi connectivity index (χ0v) is 8.68. The lowest BCUT2D eigenvalue weighted by molar-refractivity contribution is 0.197. The molecular formula is C12H12N2O2. The number of amides is 1. The molecule has 1 amide bonds. The van der Waals surface area contributed by atoms with Crippen LogP contribution in [0, 0.1) is 0 Å². The Balaban J connectivity index is 2.21. The second kappa shape index (κ2) is 4.61. The number of pyridine rings is 1. The number of hydrogen-bond donors (Lipinski definition) is 2. The molecule has 0 radical (unpaired) electrons. The molecule has 1 heterocycles. The Morgan fingerprint density at radius 3 is 2.81 bits per heavy atom. The molecule has 0 saturated heterocycles. The minimum Gasteiger partial charge on any atom is -0.465 e. The summed E-state index contributed by atoms with van der Waals surface area (Å²) in [6.45, 7) is 0. The summed E-state index contributed by atoms with van der Waals surface area (Å²) < 4.78 is 0. The maximum absolute atomic E-state index is 10.5. The number of nitrogens with zero attached hydrogens (tertiary/aromatic N) is 1. The normalized spacial score (nSPS) is 15.0. The zero-order chi connectivity index (χ0) is 11.4. The third-order valence-electron chi connectivity index (χ3n) is 2.39. The highest BCUT2D eigenvalue weighted by Crippen LogP contribution is 2.23. The van der Waals surface area contributed by atoms with Crippen molar-refractivity contribution in [3.05, 3.63) is 47.9 Å². The molecule has 2 rings (SSSR count). The molecule has 2 N–H and O–H groups in total. The van der Waals surface area contributed by atoms with Gasteiger partial charge in [-0.25, -0.2) is 4.79 Å². The predicted octanol–water partition coefficient (Wildman–Crippen LogP) is 2.41. The van der Waals surface area contributed by atoms with Gasteiger partial charge in [-0.15, -0.1) is 0 Å². The standard InChI is InChI=1S/C12H12N2O2/c15-12(16)14-11-3-1-2-10(8-11)9-4-6-13-7-5-9/h2,4-8,14H,1,3H2,(H,15,16). The first-order valence-electron chi connectivity index (χ1n) is 5.07. The quantitative estimate of drug-likeness (QED) is 0.798. The largest absolute Gasteiger partial charge is 0.465 e. The molecule has 1 aliphatic carbocycles. The van der Waals surface area contributed by atoms with Crippen LogP contribution in [0.1, 0.15) is 18.4 Å². The van der Waals surface area contributed by atoms with E-state index in [9.17, 15) is 4.79 Å². The third kappa shape index (κ3) is 2.48. The lowest BCUT2D eigenvalue weighted by Crippen LogP contribution is -2.20. The first kappa shape index (κ1) is 10.4. The van der Waals surface area contributed by atoms with Gasteiger partial charge in [0.15, 0.2) is 0 Å². The second-order valence-corrected chi connectivity index (χ2v) is 3.53. The minimum atomic E-state index is -1.01. The van der Waals surface area contributed by atoms with Gasteiger partial charge < -0.3 is 5.11 Å². The van der Waals surface area contributed by atoms with Crippen molar-refractivity contribution in [3.63, 3.8) is 0 Å². The Bertz CT molecular complexity index is 449. The summed E-state index contributed by atoms with van der Waals surface area (Å²) in [6.07, 6.45) is 7.99. The Kier molecular flexibility index (Phi) is 3.00. The number of carbonyl (C=O) groups is 1. The number of nitrogens with one attached hydrogen (secondary N) is 1. The van der Waals surface area contributed by atoms with Crippen molar-refractivity contribution in [2.24, 2.45) is 0 Å². The van der Waals surface area contributed by atoms with Crippen molar-refractivity contribution in [1.29, 1.82) is 0 Å². The van der Waals surface area contributed by atoms with Crippen molar-refractivity contribution in [2.45, 2.75) is 12.8 Å². The van der Waals surface area contributed by atoms with Crippen LogP contribution in [0.25, 0.3) is 5.57 Å².